The van der Waals surface area contributed by atoms with E-state index >= 15 is 0 Å². The average Bonchev–Trinajstić information content (AvgIpc) is 2.98. The Hall–Kier alpha value is -1.35. The third-order valence-electron chi connectivity index (χ3n) is 3.63. The molecule has 1 aliphatic rings. The first-order chi connectivity index (χ1) is 9.27. The maximum atomic E-state index is 11.8. The van der Waals surface area contributed by atoms with Crippen molar-refractivity contribution >= 4 is 5.91 Å². The van der Waals surface area contributed by atoms with Crippen LogP contribution in [0.2, 0.25) is 0 Å². The normalized spacial score (nSPS) is 16.6. The van der Waals surface area contributed by atoms with E-state index in [1.807, 2.05) is 23.1 Å². The Morgan fingerprint density at radius 1 is 1.26 bits per heavy atom. The van der Waals surface area contributed by atoms with Gasteiger partial charge >= 0.3 is 0 Å². The molecule has 1 fully saturated rings. The second-order valence-electron chi connectivity index (χ2n) is 5.12. The minimum atomic E-state index is 0.100. The second-order valence-corrected chi connectivity index (χ2v) is 5.12. The van der Waals surface area contributed by atoms with Gasteiger partial charge in [0, 0.05) is 26.1 Å². The monoisotopic (exact) mass is 261 g/mol. The topological polar surface area (TPSA) is 29.5 Å². The number of carbonyl (C=O) groups excluding carboxylic acids is 1. The molecule has 3 nitrogen and oxygen atoms in total. The molecule has 104 valence electrons. The number of carbonyl (C=O) groups is 1. The Labute approximate surface area is 115 Å². The van der Waals surface area contributed by atoms with Gasteiger partial charge in [0.05, 0.1) is 6.10 Å². The van der Waals surface area contributed by atoms with Crippen LogP contribution in [0, 0.1) is 0 Å². The number of amides is 1. The molecule has 0 radical (unpaired) electrons. The predicted octanol–water partition coefficient (Wildman–Crippen LogP) is 3.17. The van der Waals surface area contributed by atoms with Crippen LogP contribution in [0.1, 0.15) is 44.3 Å². The highest BCUT2D eigenvalue weighted by Crippen LogP contribution is 2.16. The maximum Gasteiger partial charge on any atom is 0.222 e. The number of ether oxygens (including phenoxy) is 1. The van der Waals surface area contributed by atoms with E-state index in [0.717, 1.165) is 32.4 Å². The number of rotatable bonds is 6. The Kier molecular flexibility index (Phi) is 5.40. The SMILES string of the molecule is C[C@@H](OCCCC(=O)N1CCCC1)c1ccccc1. The summed E-state index contributed by atoms with van der Waals surface area (Å²) < 4.78 is 5.77. The van der Waals surface area contributed by atoms with Crippen molar-refractivity contribution in [2.45, 2.75) is 38.7 Å². The zero-order valence-electron chi connectivity index (χ0n) is 11.7. The van der Waals surface area contributed by atoms with Crippen LogP contribution in [-0.4, -0.2) is 30.5 Å². The van der Waals surface area contributed by atoms with Crippen molar-refractivity contribution in [3.05, 3.63) is 35.9 Å². The molecule has 1 aliphatic heterocycles. The van der Waals surface area contributed by atoms with Crippen LogP contribution < -0.4 is 0 Å². The maximum absolute atomic E-state index is 11.8. The summed E-state index contributed by atoms with van der Waals surface area (Å²) in [5.74, 6) is 0.286. The summed E-state index contributed by atoms with van der Waals surface area (Å²) in [6, 6.07) is 10.2. The number of likely N-dealkylation sites (tertiary alicyclic amines) is 1. The van der Waals surface area contributed by atoms with Crippen molar-refractivity contribution in [1.82, 2.24) is 4.90 Å². The van der Waals surface area contributed by atoms with Crippen molar-refractivity contribution in [3.63, 3.8) is 0 Å². The predicted molar refractivity (Wildman–Crippen MR) is 75.9 cm³/mol. The summed E-state index contributed by atoms with van der Waals surface area (Å²) in [5, 5.41) is 0. The van der Waals surface area contributed by atoms with Crippen molar-refractivity contribution in [2.75, 3.05) is 19.7 Å². The number of nitrogens with zero attached hydrogens (tertiary/aromatic N) is 1. The summed E-state index contributed by atoms with van der Waals surface area (Å²) in [6.45, 7) is 4.59. The highest BCUT2D eigenvalue weighted by molar-refractivity contribution is 5.76. The lowest BCUT2D eigenvalue weighted by atomic mass is 10.1. The van der Waals surface area contributed by atoms with E-state index in [9.17, 15) is 4.79 Å². The molecule has 0 unspecified atom stereocenters. The zero-order valence-corrected chi connectivity index (χ0v) is 11.7. The Morgan fingerprint density at radius 2 is 1.95 bits per heavy atom. The van der Waals surface area contributed by atoms with Gasteiger partial charge in [-0.1, -0.05) is 30.3 Å². The molecule has 3 heteroatoms. The molecule has 19 heavy (non-hydrogen) atoms. The van der Waals surface area contributed by atoms with Crippen LogP contribution in [-0.2, 0) is 9.53 Å². The van der Waals surface area contributed by atoms with Gasteiger partial charge in [-0.25, -0.2) is 0 Å². The lowest BCUT2D eigenvalue weighted by Gasteiger charge is -2.16. The minimum absolute atomic E-state index is 0.100. The van der Waals surface area contributed by atoms with Crippen LogP contribution >= 0.6 is 0 Å². The summed E-state index contributed by atoms with van der Waals surface area (Å²) in [7, 11) is 0. The standard InChI is InChI=1S/C16H23NO2/c1-14(15-8-3-2-4-9-15)19-13-7-10-16(18)17-11-5-6-12-17/h2-4,8-9,14H,5-7,10-13H2,1H3/t14-/m1/s1. The van der Waals surface area contributed by atoms with Gasteiger partial charge in [-0.3, -0.25) is 4.79 Å². The van der Waals surface area contributed by atoms with Crippen molar-refractivity contribution in [3.8, 4) is 0 Å². The first kappa shape index (κ1) is 14.1. The molecule has 0 bridgehead atoms. The molecule has 1 aromatic rings. The van der Waals surface area contributed by atoms with Crippen molar-refractivity contribution in [1.29, 1.82) is 0 Å². The lowest BCUT2D eigenvalue weighted by Crippen LogP contribution is -2.27. The molecule has 1 aromatic carbocycles. The van der Waals surface area contributed by atoms with Gasteiger partial charge in [0.1, 0.15) is 0 Å². The van der Waals surface area contributed by atoms with Crippen LogP contribution in [0.15, 0.2) is 30.3 Å². The molecular weight excluding hydrogens is 238 g/mol. The Balaban J connectivity index is 1.62. The fraction of sp³-hybridized carbons (Fsp3) is 0.562. The van der Waals surface area contributed by atoms with Crippen LogP contribution in [0.25, 0.3) is 0 Å². The smallest absolute Gasteiger partial charge is 0.222 e. The Morgan fingerprint density at radius 3 is 2.63 bits per heavy atom. The van der Waals surface area contributed by atoms with Gasteiger partial charge in [0.2, 0.25) is 5.91 Å². The number of benzene rings is 1. The van der Waals surface area contributed by atoms with E-state index in [1.54, 1.807) is 0 Å². The molecule has 0 N–H and O–H groups in total. The van der Waals surface area contributed by atoms with E-state index in [4.69, 9.17) is 4.74 Å². The molecule has 1 atom stereocenters. The highest BCUT2D eigenvalue weighted by Gasteiger charge is 2.17. The first-order valence-corrected chi connectivity index (χ1v) is 7.21. The van der Waals surface area contributed by atoms with Gasteiger partial charge in [0.15, 0.2) is 0 Å². The number of hydrogen-bond acceptors (Lipinski definition) is 2. The van der Waals surface area contributed by atoms with Gasteiger partial charge in [-0.05, 0) is 31.7 Å². The molecule has 1 amide bonds. The molecule has 2 rings (SSSR count). The summed E-state index contributed by atoms with van der Waals surface area (Å²) in [4.78, 5) is 13.8. The summed E-state index contributed by atoms with van der Waals surface area (Å²) >= 11 is 0. The van der Waals surface area contributed by atoms with Crippen molar-refractivity contribution < 1.29 is 9.53 Å². The fourth-order valence-electron chi connectivity index (χ4n) is 2.43. The molecule has 0 aliphatic carbocycles. The summed E-state index contributed by atoms with van der Waals surface area (Å²) in [5.41, 5.74) is 1.19. The van der Waals surface area contributed by atoms with Gasteiger partial charge in [0.25, 0.3) is 0 Å². The quantitative estimate of drug-likeness (QED) is 0.736. The fourth-order valence-corrected chi connectivity index (χ4v) is 2.43. The van der Waals surface area contributed by atoms with E-state index in [0.29, 0.717) is 13.0 Å². The summed E-state index contributed by atoms with van der Waals surface area (Å²) in [6.07, 6.45) is 3.84. The molecule has 1 heterocycles. The second kappa shape index (κ2) is 7.29. The molecule has 0 spiro atoms. The van der Waals surface area contributed by atoms with Crippen LogP contribution in [0.5, 0.6) is 0 Å². The van der Waals surface area contributed by atoms with Crippen LogP contribution in [0.3, 0.4) is 0 Å². The van der Waals surface area contributed by atoms with Gasteiger partial charge in [-0.2, -0.15) is 0 Å². The van der Waals surface area contributed by atoms with Crippen molar-refractivity contribution in [2.24, 2.45) is 0 Å². The molecular formula is C16H23NO2. The van der Waals surface area contributed by atoms with Gasteiger partial charge < -0.3 is 9.64 Å². The van der Waals surface area contributed by atoms with E-state index in [2.05, 4.69) is 19.1 Å². The van der Waals surface area contributed by atoms with E-state index in [-0.39, 0.29) is 12.0 Å². The Bertz CT molecular complexity index is 385. The first-order valence-electron chi connectivity index (χ1n) is 7.21. The zero-order chi connectivity index (χ0) is 13.5. The molecule has 0 saturated carbocycles. The minimum Gasteiger partial charge on any atom is -0.374 e. The van der Waals surface area contributed by atoms with E-state index in [1.165, 1.54) is 5.56 Å². The highest BCUT2D eigenvalue weighted by atomic mass is 16.5. The third kappa shape index (κ3) is 4.35. The van der Waals surface area contributed by atoms with E-state index < -0.39 is 0 Å². The third-order valence-corrected chi connectivity index (χ3v) is 3.63. The largest absolute Gasteiger partial charge is 0.374 e. The molecule has 0 aromatic heterocycles. The average molecular weight is 261 g/mol. The molecule has 1 saturated heterocycles. The number of hydrogen-bond donors (Lipinski definition) is 0. The van der Waals surface area contributed by atoms with Gasteiger partial charge in [-0.15, -0.1) is 0 Å². The lowest BCUT2D eigenvalue weighted by molar-refractivity contribution is -0.130. The van der Waals surface area contributed by atoms with Crippen LogP contribution in [0.4, 0.5) is 0 Å².